The number of hydrogen-bond donors (Lipinski definition) is 4. The third-order valence-corrected chi connectivity index (χ3v) is 3.28. The summed E-state index contributed by atoms with van der Waals surface area (Å²) in [4.78, 5) is 24.4. The first kappa shape index (κ1) is 14.3. The fraction of sp³-hybridized carbons (Fsp3) is 0.385. The summed E-state index contributed by atoms with van der Waals surface area (Å²) in [6, 6.07) is 4.14. The fourth-order valence-electron chi connectivity index (χ4n) is 2.13. The van der Waals surface area contributed by atoms with Gasteiger partial charge < -0.3 is 25.5 Å². The van der Waals surface area contributed by atoms with Gasteiger partial charge in [0, 0.05) is 0 Å². The number of nitrogens with one attached hydrogen (secondary N) is 1. The molecule has 2 atom stereocenters. The molecule has 1 heterocycles. The van der Waals surface area contributed by atoms with Gasteiger partial charge in [-0.1, -0.05) is 12.1 Å². The molecule has 1 fully saturated rings. The van der Waals surface area contributed by atoms with Crippen molar-refractivity contribution in [1.82, 2.24) is 4.90 Å². The van der Waals surface area contributed by atoms with Crippen molar-refractivity contribution in [1.29, 1.82) is 0 Å². The maximum Gasteiger partial charge on any atom is 0.337 e. The van der Waals surface area contributed by atoms with E-state index in [-0.39, 0.29) is 24.3 Å². The summed E-state index contributed by atoms with van der Waals surface area (Å²) in [5.74, 6) is -1.13. The molecule has 108 valence electrons. The Bertz CT molecular complexity index is 536. The first-order valence-corrected chi connectivity index (χ1v) is 6.15. The number of carbonyl (C=O) groups excluding carboxylic acids is 1. The van der Waals surface area contributed by atoms with Crippen LogP contribution in [0.4, 0.5) is 10.5 Å². The van der Waals surface area contributed by atoms with Gasteiger partial charge in [0.25, 0.3) is 0 Å². The number of para-hydroxylation sites is 1. The molecule has 1 saturated heterocycles. The second kappa shape index (κ2) is 5.48. The van der Waals surface area contributed by atoms with E-state index in [1.54, 1.807) is 19.1 Å². The molecule has 7 heteroatoms. The van der Waals surface area contributed by atoms with Crippen molar-refractivity contribution in [2.45, 2.75) is 19.1 Å². The number of likely N-dealkylation sites (tertiary alicyclic amines) is 1. The van der Waals surface area contributed by atoms with Crippen LogP contribution in [0.25, 0.3) is 0 Å². The Morgan fingerprint density at radius 1 is 1.25 bits per heavy atom. The molecule has 7 nitrogen and oxygen atoms in total. The molecular weight excluding hydrogens is 264 g/mol. The van der Waals surface area contributed by atoms with Crippen molar-refractivity contribution in [2.24, 2.45) is 0 Å². The summed E-state index contributed by atoms with van der Waals surface area (Å²) >= 11 is 0. The molecule has 2 unspecified atom stereocenters. The molecule has 2 rings (SSSR count). The van der Waals surface area contributed by atoms with Gasteiger partial charge in [0.2, 0.25) is 0 Å². The van der Waals surface area contributed by atoms with Gasteiger partial charge in [-0.15, -0.1) is 0 Å². The highest BCUT2D eigenvalue weighted by Gasteiger charge is 2.33. The van der Waals surface area contributed by atoms with Crippen LogP contribution in [0, 0.1) is 6.92 Å². The third kappa shape index (κ3) is 2.73. The molecule has 2 amide bonds. The lowest BCUT2D eigenvalue weighted by Gasteiger charge is -2.18. The van der Waals surface area contributed by atoms with Crippen LogP contribution < -0.4 is 5.32 Å². The summed E-state index contributed by atoms with van der Waals surface area (Å²) in [6.07, 6.45) is -1.95. The zero-order valence-corrected chi connectivity index (χ0v) is 10.9. The van der Waals surface area contributed by atoms with Crippen LogP contribution in [-0.2, 0) is 0 Å². The van der Waals surface area contributed by atoms with E-state index in [1.165, 1.54) is 11.0 Å². The number of benzene rings is 1. The molecule has 1 aromatic carbocycles. The van der Waals surface area contributed by atoms with Gasteiger partial charge in [-0.05, 0) is 18.6 Å². The number of aliphatic hydroxyl groups excluding tert-OH is 2. The van der Waals surface area contributed by atoms with Crippen LogP contribution in [0.1, 0.15) is 15.9 Å². The number of β-amino-alcohol motifs (C(OH)–C–C–N with tert-alkyl or cyclic N) is 2. The minimum Gasteiger partial charge on any atom is -0.478 e. The van der Waals surface area contributed by atoms with E-state index in [4.69, 9.17) is 5.11 Å². The quantitative estimate of drug-likeness (QED) is 0.621. The monoisotopic (exact) mass is 280 g/mol. The normalized spacial score (nSPS) is 21.9. The Morgan fingerprint density at radius 2 is 1.85 bits per heavy atom. The minimum atomic E-state index is -1.13. The van der Waals surface area contributed by atoms with Gasteiger partial charge >= 0.3 is 12.0 Å². The highest BCUT2D eigenvalue weighted by atomic mass is 16.4. The van der Waals surface area contributed by atoms with Crippen molar-refractivity contribution in [3.05, 3.63) is 29.3 Å². The molecule has 0 radical (unpaired) electrons. The van der Waals surface area contributed by atoms with Crippen LogP contribution in [0.3, 0.4) is 0 Å². The maximum absolute atomic E-state index is 12.0. The number of hydrogen-bond acceptors (Lipinski definition) is 4. The molecule has 1 aliphatic rings. The molecule has 1 aliphatic heterocycles. The highest BCUT2D eigenvalue weighted by molar-refractivity contribution is 6.01. The zero-order valence-electron chi connectivity index (χ0n) is 10.9. The molecule has 0 aromatic heterocycles. The SMILES string of the molecule is Cc1cccc(C(=O)O)c1NC(=O)N1CC(O)C(O)C1. The van der Waals surface area contributed by atoms with Crippen molar-refractivity contribution in [3.63, 3.8) is 0 Å². The Morgan fingerprint density at radius 3 is 2.40 bits per heavy atom. The molecular formula is C13H16N2O5. The van der Waals surface area contributed by atoms with Crippen molar-refractivity contribution < 1.29 is 24.9 Å². The molecule has 0 saturated carbocycles. The van der Waals surface area contributed by atoms with E-state index >= 15 is 0 Å². The predicted octanol–water partition coefficient (Wildman–Crippen LogP) is 0.263. The molecule has 1 aromatic rings. The molecule has 20 heavy (non-hydrogen) atoms. The van der Waals surface area contributed by atoms with Gasteiger partial charge in [-0.25, -0.2) is 9.59 Å². The van der Waals surface area contributed by atoms with Gasteiger partial charge in [0.1, 0.15) is 0 Å². The summed E-state index contributed by atoms with van der Waals surface area (Å²) in [5, 5.41) is 30.5. The molecule has 0 aliphatic carbocycles. The van der Waals surface area contributed by atoms with Gasteiger partial charge in [0.15, 0.2) is 0 Å². The second-order valence-electron chi connectivity index (χ2n) is 4.77. The van der Waals surface area contributed by atoms with Crippen LogP contribution in [0.2, 0.25) is 0 Å². The van der Waals surface area contributed by atoms with E-state index in [9.17, 15) is 19.8 Å². The molecule has 4 N–H and O–H groups in total. The summed E-state index contributed by atoms with van der Waals surface area (Å²) < 4.78 is 0. The lowest BCUT2D eigenvalue weighted by Crippen LogP contribution is -2.34. The number of aliphatic hydroxyl groups is 2. The first-order chi connectivity index (χ1) is 9.40. The average molecular weight is 280 g/mol. The van der Waals surface area contributed by atoms with E-state index in [1.807, 2.05) is 0 Å². The summed E-state index contributed by atoms with van der Waals surface area (Å²) in [5.41, 5.74) is 0.845. The van der Waals surface area contributed by atoms with Crippen LogP contribution in [0.5, 0.6) is 0 Å². The van der Waals surface area contributed by atoms with Gasteiger partial charge in [-0.3, -0.25) is 0 Å². The zero-order chi connectivity index (χ0) is 14.9. The lowest BCUT2D eigenvalue weighted by atomic mass is 10.1. The van der Waals surface area contributed by atoms with Crippen LogP contribution in [-0.4, -0.2) is 57.5 Å². The Kier molecular flexibility index (Phi) is 3.91. The molecule has 0 spiro atoms. The number of carboxylic acids is 1. The van der Waals surface area contributed by atoms with Gasteiger partial charge in [-0.2, -0.15) is 0 Å². The number of carbonyl (C=O) groups is 2. The minimum absolute atomic E-state index is 0.00126. The number of urea groups is 1. The van der Waals surface area contributed by atoms with Crippen LogP contribution in [0.15, 0.2) is 18.2 Å². The lowest BCUT2D eigenvalue weighted by molar-refractivity contribution is 0.0572. The van der Waals surface area contributed by atoms with Gasteiger partial charge in [0.05, 0.1) is 36.5 Å². The van der Waals surface area contributed by atoms with E-state index in [0.717, 1.165) is 0 Å². The van der Waals surface area contributed by atoms with E-state index in [0.29, 0.717) is 5.56 Å². The summed E-state index contributed by atoms with van der Waals surface area (Å²) in [7, 11) is 0. The largest absolute Gasteiger partial charge is 0.478 e. The van der Waals surface area contributed by atoms with E-state index < -0.39 is 24.2 Å². The second-order valence-corrected chi connectivity index (χ2v) is 4.77. The summed E-state index contributed by atoms with van der Waals surface area (Å²) in [6.45, 7) is 1.72. The van der Waals surface area contributed by atoms with E-state index in [2.05, 4.69) is 5.32 Å². The fourth-order valence-corrected chi connectivity index (χ4v) is 2.13. The number of anilines is 1. The number of carboxylic acid groups (broad SMARTS) is 1. The van der Waals surface area contributed by atoms with Crippen molar-refractivity contribution >= 4 is 17.7 Å². The Hall–Kier alpha value is -2.12. The molecule has 0 bridgehead atoms. The predicted molar refractivity (Wildman–Crippen MR) is 70.7 cm³/mol. The number of aromatic carboxylic acids is 1. The maximum atomic E-state index is 12.0. The average Bonchev–Trinajstić information content (AvgIpc) is 2.72. The third-order valence-electron chi connectivity index (χ3n) is 3.28. The number of amides is 2. The smallest absolute Gasteiger partial charge is 0.337 e. The number of nitrogens with zero attached hydrogens (tertiary/aromatic N) is 1. The number of aryl methyl sites for hydroxylation is 1. The highest BCUT2D eigenvalue weighted by Crippen LogP contribution is 2.22. The van der Waals surface area contributed by atoms with Crippen LogP contribution >= 0.6 is 0 Å². The number of rotatable bonds is 2. The first-order valence-electron chi connectivity index (χ1n) is 6.15. The topological polar surface area (TPSA) is 110 Å². The Balaban J connectivity index is 2.18. The standard InChI is InChI=1S/C13H16N2O5/c1-7-3-2-4-8(12(18)19)11(7)14-13(20)15-5-9(16)10(17)6-15/h2-4,9-10,16-17H,5-6H2,1H3,(H,14,20)(H,18,19). The van der Waals surface area contributed by atoms with Crippen molar-refractivity contribution in [2.75, 3.05) is 18.4 Å². The Labute approximate surface area is 115 Å². The van der Waals surface area contributed by atoms with Crippen molar-refractivity contribution in [3.8, 4) is 0 Å².